The van der Waals surface area contributed by atoms with Gasteiger partial charge in [-0.3, -0.25) is 4.57 Å². The van der Waals surface area contributed by atoms with E-state index in [1.54, 1.807) is 0 Å². The van der Waals surface area contributed by atoms with Crippen LogP contribution in [-0.4, -0.2) is 9.55 Å². The van der Waals surface area contributed by atoms with Gasteiger partial charge in [0.25, 0.3) is 0 Å². The Morgan fingerprint density at radius 2 is 0.778 bits per heavy atom. The lowest BCUT2D eigenvalue weighted by atomic mass is 9.97. The third kappa shape index (κ3) is 6.77. The molecule has 0 radical (unpaired) electrons. The van der Waals surface area contributed by atoms with E-state index >= 15 is 0 Å². The van der Waals surface area contributed by atoms with Gasteiger partial charge in [-0.05, 0) is 134 Å². The number of aryl methyl sites for hydroxylation is 4. The lowest BCUT2D eigenvalue weighted by molar-refractivity contribution is 1.11. The SMILES string of the molecule is Cc1ccc(N(c2ccc(C)cc2)c2ccc3c4ccc(N(c5ccc(C)cc5)c5ccc(C)cc5)cc4c4c(nc(-c5cccc6ccccc56)n4-c4ccccc4)c3c2)cc1. The van der Waals surface area contributed by atoms with Crippen LogP contribution in [0.15, 0.2) is 206 Å². The molecule has 11 aromatic rings. The number of benzene rings is 10. The van der Waals surface area contributed by atoms with Gasteiger partial charge in [0.1, 0.15) is 5.82 Å². The second-order valence-corrected chi connectivity index (χ2v) is 16.8. The summed E-state index contributed by atoms with van der Waals surface area (Å²) < 4.78 is 2.40. The maximum atomic E-state index is 5.80. The Morgan fingerprint density at radius 3 is 1.30 bits per heavy atom. The van der Waals surface area contributed by atoms with Crippen LogP contribution in [-0.2, 0) is 0 Å². The van der Waals surface area contributed by atoms with E-state index in [2.05, 4.69) is 248 Å². The molecule has 1 heterocycles. The molecule has 0 unspecified atom stereocenters. The monoisotopic (exact) mass is 810 g/mol. The van der Waals surface area contributed by atoms with Gasteiger partial charge in [0.2, 0.25) is 0 Å². The second kappa shape index (κ2) is 15.5. The molecule has 0 bridgehead atoms. The van der Waals surface area contributed by atoms with Gasteiger partial charge in [-0.2, -0.15) is 0 Å². The zero-order valence-corrected chi connectivity index (χ0v) is 35.9. The summed E-state index contributed by atoms with van der Waals surface area (Å²) >= 11 is 0. The van der Waals surface area contributed by atoms with Crippen molar-refractivity contribution in [3.63, 3.8) is 0 Å². The van der Waals surface area contributed by atoms with Crippen molar-refractivity contribution in [1.82, 2.24) is 9.55 Å². The maximum Gasteiger partial charge on any atom is 0.146 e. The minimum atomic E-state index is 0.903. The Labute approximate surface area is 368 Å². The van der Waals surface area contributed by atoms with Crippen LogP contribution in [0.25, 0.3) is 60.4 Å². The fourth-order valence-electron chi connectivity index (χ4n) is 9.16. The van der Waals surface area contributed by atoms with E-state index < -0.39 is 0 Å². The number of nitrogens with zero attached hydrogens (tertiary/aromatic N) is 4. The van der Waals surface area contributed by atoms with E-state index in [0.717, 1.165) is 83.8 Å². The molecule has 10 aromatic carbocycles. The first-order chi connectivity index (χ1) is 30.9. The predicted octanol–water partition coefficient (Wildman–Crippen LogP) is 16.3. The van der Waals surface area contributed by atoms with Crippen molar-refractivity contribution in [3.8, 4) is 17.1 Å². The molecule has 0 atom stereocenters. The van der Waals surface area contributed by atoms with E-state index in [4.69, 9.17) is 4.98 Å². The maximum absolute atomic E-state index is 5.80. The molecule has 0 saturated carbocycles. The first-order valence-corrected chi connectivity index (χ1v) is 21.7. The Hall–Kier alpha value is -7.95. The van der Waals surface area contributed by atoms with Crippen molar-refractivity contribution < 1.29 is 0 Å². The van der Waals surface area contributed by atoms with Crippen LogP contribution in [0.5, 0.6) is 0 Å². The van der Waals surface area contributed by atoms with Crippen LogP contribution < -0.4 is 9.80 Å². The Morgan fingerprint density at radius 1 is 0.349 bits per heavy atom. The number of hydrogen-bond donors (Lipinski definition) is 0. The van der Waals surface area contributed by atoms with Gasteiger partial charge < -0.3 is 9.80 Å². The minimum absolute atomic E-state index is 0.903. The molecule has 63 heavy (non-hydrogen) atoms. The third-order valence-electron chi connectivity index (χ3n) is 12.4. The first kappa shape index (κ1) is 38.0. The van der Waals surface area contributed by atoms with E-state index in [0.29, 0.717) is 0 Å². The smallest absolute Gasteiger partial charge is 0.146 e. The molecule has 0 spiro atoms. The van der Waals surface area contributed by atoms with Crippen LogP contribution in [0.4, 0.5) is 34.1 Å². The average molecular weight is 811 g/mol. The molecule has 4 nitrogen and oxygen atoms in total. The topological polar surface area (TPSA) is 24.3 Å². The zero-order valence-electron chi connectivity index (χ0n) is 35.9. The average Bonchev–Trinajstić information content (AvgIpc) is 3.73. The van der Waals surface area contributed by atoms with Gasteiger partial charge in [0, 0.05) is 56.1 Å². The van der Waals surface area contributed by atoms with Crippen LogP contribution in [0.1, 0.15) is 22.3 Å². The molecular weight excluding hydrogens is 765 g/mol. The molecule has 0 aliphatic carbocycles. The number of rotatable bonds is 8. The summed E-state index contributed by atoms with van der Waals surface area (Å²) in [5.74, 6) is 0.903. The molecule has 4 heteroatoms. The molecule has 11 rings (SSSR count). The van der Waals surface area contributed by atoms with Gasteiger partial charge in [0.05, 0.1) is 11.0 Å². The van der Waals surface area contributed by atoms with Crippen molar-refractivity contribution in [2.24, 2.45) is 0 Å². The Balaban J connectivity index is 1.26. The van der Waals surface area contributed by atoms with Crippen molar-refractivity contribution in [3.05, 3.63) is 229 Å². The minimum Gasteiger partial charge on any atom is -0.310 e. The summed E-state index contributed by atoms with van der Waals surface area (Å²) in [6, 6.07) is 75.1. The number of anilines is 6. The Bertz CT molecular complexity index is 3360. The van der Waals surface area contributed by atoms with Crippen LogP contribution in [0, 0.1) is 27.7 Å². The highest BCUT2D eigenvalue weighted by atomic mass is 15.2. The van der Waals surface area contributed by atoms with Crippen molar-refractivity contribution in [1.29, 1.82) is 0 Å². The van der Waals surface area contributed by atoms with Gasteiger partial charge in [-0.25, -0.2) is 4.98 Å². The molecule has 0 N–H and O–H groups in total. The zero-order chi connectivity index (χ0) is 42.6. The van der Waals surface area contributed by atoms with Crippen LogP contribution in [0.3, 0.4) is 0 Å². The van der Waals surface area contributed by atoms with Gasteiger partial charge in [-0.1, -0.05) is 144 Å². The van der Waals surface area contributed by atoms with Crippen LogP contribution >= 0.6 is 0 Å². The van der Waals surface area contributed by atoms with Gasteiger partial charge in [0.15, 0.2) is 0 Å². The summed E-state index contributed by atoms with van der Waals surface area (Å²) in [4.78, 5) is 10.5. The summed E-state index contributed by atoms with van der Waals surface area (Å²) in [6.07, 6.45) is 0. The van der Waals surface area contributed by atoms with Crippen molar-refractivity contribution in [2.45, 2.75) is 27.7 Å². The first-order valence-electron chi connectivity index (χ1n) is 21.7. The lowest BCUT2D eigenvalue weighted by Gasteiger charge is -2.27. The number of imidazole rings is 1. The molecule has 0 fully saturated rings. The van der Waals surface area contributed by atoms with E-state index in [1.165, 1.54) is 33.0 Å². The normalized spacial score (nSPS) is 11.5. The van der Waals surface area contributed by atoms with Gasteiger partial charge in [-0.15, -0.1) is 0 Å². The van der Waals surface area contributed by atoms with Crippen LogP contribution in [0.2, 0.25) is 0 Å². The highest BCUT2D eigenvalue weighted by molar-refractivity contribution is 6.25. The summed E-state index contributed by atoms with van der Waals surface area (Å²) in [5.41, 5.74) is 15.6. The standard InChI is InChI=1S/C59H46N4/c1-39-17-25-45(26-18-39)61(46-27-19-40(2)20-28-46)49-33-35-52-53-36-34-50(62(47-29-21-41(3)22-30-47)48-31-23-42(4)24-32-48)38-56(53)58-57(55(52)37-49)60-59(63(58)44-13-6-5-7-14-44)54-16-10-12-43-11-8-9-15-51(43)54/h5-38H,1-4H3. The molecule has 302 valence electrons. The molecule has 0 aliphatic heterocycles. The molecule has 0 amide bonds. The number of fused-ring (bicyclic) bond motifs is 7. The Kier molecular flexibility index (Phi) is 9.35. The fraction of sp³-hybridized carbons (Fsp3) is 0.0678. The van der Waals surface area contributed by atoms with Gasteiger partial charge >= 0.3 is 0 Å². The third-order valence-corrected chi connectivity index (χ3v) is 12.4. The van der Waals surface area contributed by atoms with Crippen molar-refractivity contribution in [2.75, 3.05) is 9.80 Å². The lowest BCUT2D eigenvalue weighted by Crippen LogP contribution is -2.10. The summed E-state index contributed by atoms with van der Waals surface area (Å²) in [7, 11) is 0. The largest absolute Gasteiger partial charge is 0.310 e. The highest BCUT2D eigenvalue weighted by Crippen LogP contribution is 2.46. The molecular formula is C59H46N4. The summed E-state index contributed by atoms with van der Waals surface area (Å²) in [5, 5.41) is 6.89. The van der Waals surface area contributed by atoms with E-state index in [1.807, 2.05) is 0 Å². The van der Waals surface area contributed by atoms with Crippen molar-refractivity contribution >= 4 is 77.5 Å². The number of hydrogen-bond acceptors (Lipinski definition) is 3. The highest BCUT2D eigenvalue weighted by Gasteiger charge is 2.24. The number of para-hydroxylation sites is 1. The molecule has 0 saturated heterocycles. The number of aromatic nitrogens is 2. The molecule has 1 aromatic heterocycles. The summed E-state index contributed by atoms with van der Waals surface area (Å²) in [6.45, 7) is 8.56. The van der Waals surface area contributed by atoms with E-state index in [9.17, 15) is 0 Å². The second-order valence-electron chi connectivity index (χ2n) is 16.8. The van der Waals surface area contributed by atoms with E-state index in [-0.39, 0.29) is 0 Å². The molecule has 0 aliphatic rings. The predicted molar refractivity (Wildman–Crippen MR) is 267 cm³/mol. The fourth-order valence-corrected chi connectivity index (χ4v) is 9.16. The quantitative estimate of drug-likeness (QED) is 0.143.